The summed E-state index contributed by atoms with van der Waals surface area (Å²) in [6, 6.07) is 7.92. The molecule has 1 atom stereocenters. The zero-order valence-corrected chi connectivity index (χ0v) is 13.8. The van der Waals surface area contributed by atoms with Gasteiger partial charge in [0.15, 0.2) is 0 Å². The van der Waals surface area contributed by atoms with Crippen LogP contribution < -0.4 is 10.6 Å². The molecule has 0 radical (unpaired) electrons. The molecule has 0 bridgehead atoms. The van der Waals surface area contributed by atoms with Gasteiger partial charge in [0.25, 0.3) is 5.91 Å². The van der Waals surface area contributed by atoms with Crippen LogP contribution in [0.3, 0.4) is 0 Å². The van der Waals surface area contributed by atoms with Crippen LogP contribution in [0.5, 0.6) is 0 Å². The number of amides is 1. The molecule has 1 aromatic heterocycles. The third-order valence-corrected chi connectivity index (χ3v) is 4.59. The molecule has 5 nitrogen and oxygen atoms in total. The van der Waals surface area contributed by atoms with Crippen LogP contribution in [0, 0.1) is 0 Å². The third kappa shape index (κ3) is 3.29. The van der Waals surface area contributed by atoms with Crippen molar-refractivity contribution >= 4 is 5.91 Å². The molecule has 5 heteroatoms. The van der Waals surface area contributed by atoms with Crippen molar-refractivity contribution in [1.29, 1.82) is 0 Å². The second-order valence-corrected chi connectivity index (χ2v) is 6.10. The predicted molar refractivity (Wildman–Crippen MR) is 90.4 cm³/mol. The minimum atomic E-state index is 0.0124. The number of benzene rings is 1. The molecule has 23 heavy (non-hydrogen) atoms. The standard InChI is InChI=1S/C18H24N4O/c1-19-11-10-13-6-3-4-7-14(13)18(23)21-16-8-5-9-17-15(16)12-20-22(17)2/h3-4,6-7,12,16,19H,5,8-11H2,1-2H3,(H,21,23). The van der Waals surface area contributed by atoms with E-state index in [0.29, 0.717) is 0 Å². The molecule has 122 valence electrons. The number of fused-ring (bicyclic) bond motifs is 1. The Balaban J connectivity index is 1.78. The molecule has 2 aromatic rings. The van der Waals surface area contributed by atoms with Crippen molar-refractivity contribution < 1.29 is 4.79 Å². The second-order valence-electron chi connectivity index (χ2n) is 6.10. The van der Waals surface area contributed by atoms with E-state index in [1.54, 1.807) is 0 Å². The Labute approximate surface area is 137 Å². The summed E-state index contributed by atoms with van der Waals surface area (Å²) >= 11 is 0. The molecule has 0 fully saturated rings. The topological polar surface area (TPSA) is 59.0 Å². The molecule has 1 aliphatic carbocycles. The smallest absolute Gasteiger partial charge is 0.252 e. The van der Waals surface area contributed by atoms with E-state index in [2.05, 4.69) is 15.7 Å². The molecule has 1 heterocycles. The Morgan fingerprint density at radius 1 is 1.39 bits per heavy atom. The van der Waals surface area contributed by atoms with E-state index in [4.69, 9.17) is 0 Å². The lowest BCUT2D eigenvalue weighted by molar-refractivity contribution is 0.0931. The van der Waals surface area contributed by atoms with Gasteiger partial charge < -0.3 is 10.6 Å². The minimum absolute atomic E-state index is 0.0124. The zero-order valence-electron chi connectivity index (χ0n) is 13.8. The van der Waals surface area contributed by atoms with Crippen LogP contribution in [0.1, 0.15) is 46.1 Å². The molecule has 1 unspecified atom stereocenters. The second kappa shape index (κ2) is 6.96. The predicted octanol–water partition coefficient (Wildman–Crippen LogP) is 1.99. The fraction of sp³-hybridized carbons (Fsp3) is 0.444. The molecule has 0 saturated heterocycles. The van der Waals surface area contributed by atoms with Crippen molar-refractivity contribution in [2.24, 2.45) is 7.05 Å². The van der Waals surface area contributed by atoms with Gasteiger partial charge in [-0.25, -0.2) is 0 Å². The van der Waals surface area contributed by atoms with E-state index in [1.807, 2.05) is 49.2 Å². The van der Waals surface area contributed by atoms with Crippen LogP contribution in [0.25, 0.3) is 0 Å². The zero-order chi connectivity index (χ0) is 16.2. The van der Waals surface area contributed by atoms with E-state index in [0.717, 1.165) is 43.4 Å². The highest BCUT2D eigenvalue weighted by molar-refractivity contribution is 5.96. The number of hydrogen-bond donors (Lipinski definition) is 2. The van der Waals surface area contributed by atoms with Gasteiger partial charge in [0.1, 0.15) is 0 Å². The van der Waals surface area contributed by atoms with Crippen molar-refractivity contribution in [2.45, 2.75) is 31.7 Å². The summed E-state index contributed by atoms with van der Waals surface area (Å²) in [5.41, 5.74) is 4.27. The maximum absolute atomic E-state index is 12.8. The Kier molecular flexibility index (Phi) is 4.76. The van der Waals surface area contributed by atoms with Gasteiger partial charge in [0, 0.05) is 23.9 Å². The monoisotopic (exact) mass is 312 g/mol. The summed E-state index contributed by atoms with van der Waals surface area (Å²) in [5, 5.41) is 10.7. The molecule has 1 amide bonds. The molecular formula is C18H24N4O. The van der Waals surface area contributed by atoms with Gasteiger partial charge >= 0.3 is 0 Å². The molecule has 0 spiro atoms. The van der Waals surface area contributed by atoms with E-state index in [-0.39, 0.29) is 11.9 Å². The Hall–Kier alpha value is -2.14. The first-order valence-electron chi connectivity index (χ1n) is 8.25. The molecular weight excluding hydrogens is 288 g/mol. The Morgan fingerprint density at radius 2 is 2.22 bits per heavy atom. The lowest BCUT2D eigenvalue weighted by Crippen LogP contribution is -2.31. The van der Waals surface area contributed by atoms with Gasteiger partial charge in [0.05, 0.1) is 12.2 Å². The number of aryl methyl sites for hydroxylation is 1. The van der Waals surface area contributed by atoms with E-state index in [1.165, 1.54) is 11.3 Å². The fourth-order valence-corrected chi connectivity index (χ4v) is 3.31. The summed E-state index contributed by atoms with van der Waals surface area (Å²) in [7, 11) is 3.89. The first-order valence-corrected chi connectivity index (χ1v) is 8.25. The Bertz CT molecular complexity index is 692. The summed E-state index contributed by atoms with van der Waals surface area (Å²) < 4.78 is 1.93. The maximum Gasteiger partial charge on any atom is 0.252 e. The van der Waals surface area contributed by atoms with Crippen LogP contribution in [0.2, 0.25) is 0 Å². The highest BCUT2D eigenvalue weighted by Crippen LogP contribution is 2.29. The molecule has 2 N–H and O–H groups in total. The number of nitrogens with one attached hydrogen (secondary N) is 2. The molecule has 0 aliphatic heterocycles. The number of rotatable bonds is 5. The van der Waals surface area contributed by atoms with Crippen LogP contribution in [0.15, 0.2) is 30.5 Å². The third-order valence-electron chi connectivity index (χ3n) is 4.59. The molecule has 1 aliphatic rings. The normalized spacial score (nSPS) is 16.9. The lowest BCUT2D eigenvalue weighted by atomic mass is 9.92. The first kappa shape index (κ1) is 15.7. The summed E-state index contributed by atoms with van der Waals surface area (Å²) in [4.78, 5) is 12.8. The van der Waals surface area contributed by atoms with Crippen molar-refractivity contribution in [1.82, 2.24) is 20.4 Å². The fourth-order valence-electron chi connectivity index (χ4n) is 3.31. The maximum atomic E-state index is 12.8. The largest absolute Gasteiger partial charge is 0.345 e. The summed E-state index contributed by atoms with van der Waals surface area (Å²) in [6.07, 6.45) is 5.84. The molecule has 3 rings (SSSR count). The number of nitrogens with zero attached hydrogens (tertiary/aromatic N) is 2. The van der Waals surface area contributed by atoms with Crippen molar-refractivity contribution in [3.8, 4) is 0 Å². The highest BCUT2D eigenvalue weighted by Gasteiger charge is 2.25. The average Bonchev–Trinajstić information content (AvgIpc) is 2.95. The number of aromatic nitrogens is 2. The van der Waals surface area contributed by atoms with Gasteiger partial charge in [-0.2, -0.15) is 5.10 Å². The van der Waals surface area contributed by atoms with Gasteiger partial charge in [-0.3, -0.25) is 9.48 Å². The minimum Gasteiger partial charge on any atom is -0.345 e. The quantitative estimate of drug-likeness (QED) is 0.888. The molecule has 1 aromatic carbocycles. The van der Waals surface area contributed by atoms with Gasteiger partial charge in [-0.05, 0) is 50.9 Å². The Morgan fingerprint density at radius 3 is 3.04 bits per heavy atom. The lowest BCUT2D eigenvalue weighted by Gasteiger charge is -2.24. The van der Waals surface area contributed by atoms with Crippen LogP contribution in [0.4, 0.5) is 0 Å². The highest BCUT2D eigenvalue weighted by atomic mass is 16.1. The van der Waals surface area contributed by atoms with Crippen LogP contribution in [-0.2, 0) is 19.9 Å². The van der Waals surface area contributed by atoms with Crippen molar-refractivity contribution in [3.63, 3.8) is 0 Å². The van der Waals surface area contributed by atoms with Crippen molar-refractivity contribution in [2.75, 3.05) is 13.6 Å². The van der Waals surface area contributed by atoms with Crippen LogP contribution in [-0.4, -0.2) is 29.3 Å². The average molecular weight is 312 g/mol. The van der Waals surface area contributed by atoms with Crippen LogP contribution >= 0.6 is 0 Å². The SMILES string of the molecule is CNCCc1ccccc1C(=O)NC1CCCc2c1cnn2C. The van der Waals surface area contributed by atoms with E-state index in [9.17, 15) is 4.79 Å². The number of carbonyl (C=O) groups is 1. The van der Waals surface area contributed by atoms with Gasteiger partial charge in [-0.15, -0.1) is 0 Å². The summed E-state index contributed by atoms with van der Waals surface area (Å²) in [6.45, 7) is 0.862. The van der Waals surface area contributed by atoms with Gasteiger partial charge in [0.2, 0.25) is 0 Å². The summed E-state index contributed by atoms with van der Waals surface area (Å²) in [5.74, 6) is 0.0124. The van der Waals surface area contributed by atoms with Crippen molar-refractivity contribution in [3.05, 3.63) is 52.8 Å². The number of hydrogen-bond acceptors (Lipinski definition) is 3. The van der Waals surface area contributed by atoms with Gasteiger partial charge in [-0.1, -0.05) is 18.2 Å². The first-order chi connectivity index (χ1) is 11.2. The van der Waals surface area contributed by atoms with E-state index < -0.39 is 0 Å². The van der Waals surface area contributed by atoms with E-state index >= 15 is 0 Å². The number of likely N-dealkylation sites (N-methyl/N-ethyl adjacent to an activating group) is 1. The number of carbonyl (C=O) groups excluding carboxylic acids is 1. The molecule has 0 saturated carbocycles.